The highest BCUT2D eigenvalue weighted by Gasteiger charge is 2.22. The van der Waals surface area contributed by atoms with Crippen LogP contribution in [0.2, 0.25) is 0 Å². The number of para-hydroxylation sites is 1. The smallest absolute Gasteiger partial charge is 0.248 e. The first kappa shape index (κ1) is 14.6. The van der Waals surface area contributed by atoms with Gasteiger partial charge in [-0.2, -0.15) is 0 Å². The molecule has 114 valence electrons. The monoisotopic (exact) mass is 294 g/mol. The lowest BCUT2D eigenvalue weighted by atomic mass is 9.93. The Bertz CT molecular complexity index is 616. The summed E-state index contributed by atoms with van der Waals surface area (Å²) in [4.78, 5) is 13.7. The minimum atomic E-state index is -0.379. The minimum absolute atomic E-state index is 0.379. The molecule has 0 atom stereocenters. The average Bonchev–Trinajstić information content (AvgIpc) is 2.57. The number of nitrogens with zero attached hydrogens (tertiary/aromatic N) is 1. The molecule has 2 N–H and O–H groups in total. The van der Waals surface area contributed by atoms with E-state index < -0.39 is 0 Å². The maximum Gasteiger partial charge on any atom is 0.248 e. The molecule has 0 saturated heterocycles. The number of amides is 1. The lowest BCUT2D eigenvalue weighted by Gasteiger charge is -2.36. The van der Waals surface area contributed by atoms with Crippen LogP contribution in [0.15, 0.2) is 54.6 Å². The van der Waals surface area contributed by atoms with Gasteiger partial charge in [-0.3, -0.25) is 4.79 Å². The zero-order chi connectivity index (χ0) is 15.4. The van der Waals surface area contributed by atoms with Crippen LogP contribution in [0.1, 0.15) is 42.5 Å². The van der Waals surface area contributed by atoms with Gasteiger partial charge >= 0.3 is 0 Å². The number of anilines is 2. The van der Waals surface area contributed by atoms with Crippen LogP contribution < -0.4 is 10.6 Å². The summed E-state index contributed by atoms with van der Waals surface area (Å²) in [5.41, 5.74) is 8.23. The summed E-state index contributed by atoms with van der Waals surface area (Å²) in [6.45, 7) is 0. The fourth-order valence-corrected chi connectivity index (χ4v) is 3.28. The van der Waals surface area contributed by atoms with E-state index in [0.717, 1.165) is 5.69 Å². The zero-order valence-corrected chi connectivity index (χ0v) is 12.7. The van der Waals surface area contributed by atoms with E-state index in [4.69, 9.17) is 5.73 Å². The van der Waals surface area contributed by atoms with Crippen LogP contribution in [0.25, 0.3) is 0 Å². The second-order valence-electron chi connectivity index (χ2n) is 5.91. The Morgan fingerprint density at radius 1 is 0.864 bits per heavy atom. The first-order valence-electron chi connectivity index (χ1n) is 8.00. The normalized spacial score (nSPS) is 15.5. The molecule has 0 radical (unpaired) electrons. The molecular weight excluding hydrogens is 272 g/mol. The minimum Gasteiger partial charge on any atom is -0.366 e. The van der Waals surface area contributed by atoms with Crippen molar-refractivity contribution < 1.29 is 4.79 Å². The second-order valence-corrected chi connectivity index (χ2v) is 5.91. The molecule has 3 rings (SSSR count). The number of primary amides is 1. The summed E-state index contributed by atoms with van der Waals surface area (Å²) in [7, 11) is 0. The highest BCUT2D eigenvalue weighted by molar-refractivity contribution is 5.93. The molecule has 1 amide bonds. The number of nitrogens with two attached hydrogens (primary N) is 1. The number of carbonyl (C=O) groups excluding carboxylic acids is 1. The molecule has 1 aliphatic rings. The number of hydrogen-bond donors (Lipinski definition) is 1. The average molecular weight is 294 g/mol. The highest BCUT2D eigenvalue weighted by atomic mass is 16.1. The summed E-state index contributed by atoms with van der Waals surface area (Å²) >= 11 is 0. The van der Waals surface area contributed by atoms with Crippen LogP contribution in [-0.2, 0) is 0 Å². The van der Waals surface area contributed by atoms with Gasteiger partial charge in [0.05, 0.1) is 0 Å². The second kappa shape index (κ2) is 6.65. The maximum absolute atomic E-state index is 11.3. The summed E-state index contributed by atoms with van der Waals surface area (Å²) < 4.78 is 0. The highest BCUT2D eigenvalue weighted by Crippen LogP contribution is 2.34. The van der Waals surface area contributed by atoms with Gasteiger partial charge in [0.2, 0.25) is 5.91 Å². The van der Waals surface area contributed by atoms with Crippen LogP contribution in [0, 0.1) is 0 Å². The predicted molar refractivity (Wildman–Crippen MR) is 90.4 cm³/mol. The SMILES string of the molecule is NC(=O)c1ccc(N(c2ccccc2)C2CCCCC2)cc1. The molecule has 3 nitrogen and oxygen atoms in total. The molecule has 1 fully saturated rings. The van der Waals surface area contributed by atoms with Crippen molar-refractivity contribution in [3.63, 3.8) is 0 Å². The van der Waals surface area contributed by atoms with Crippen molar-refractivity contribution in [3.05, 3.63) is 60.2 Å². The van der Waals surface area contributed by atoms with E-state index in [9.17, 15) is 4.79 Å². The van der Waals surface area contributed by atoms with E-state index in [1.807, 2.05) is 30.3 Å². The van der Waals surface area contributed by atoms with Crippen molar-refractivity contribution >= 4 is 17.3 Å². The van der Waals surface area contributed by atoms with Crippen molar-refractivity contribution in [1.82, 2.24) is 0 Å². The molecule has 0 spiro atoms. The van der Waals surface area contributed by atoms with Gasteiger partial charge in [0.1, 0.15) is 0 Å². The van der Waals surface area contributed by atoms with Gasteiger partial charge in [0.15, 0.2) is 0 Å². The standard InChI is InChI=1S/C19H22N2O/c20-19(22)15-11-13-18(14-12-15)21(16-7-3-1-4-8-16)17-9-5-2-6-10-17/h1,3-4,7-8,11-14,17H,2,5-6,9-10H2,(H2,20,22). The van der Waals surface area contributed by atoms with Gasteiger partial charge in [0, 0.05) is 23.0 Å². The van der Waals surface area contributed by atoms with Crippen molar-refractivity contribution in [2.45, 2.75) is 38.1 Å². The molecule has 0 aliphatic heterocycles. The quantitative estimate of drug-likeness (QED) is 0.916. The molecule has 2 aromatic rings. The molecule has 1 aliphatic carbocycles. The van der Waals surface area contributed by atoms with Gasteiger partial charge in [-0.05, 0) is 49.2 Å². The third kappa shape index (κ3) is 3.14. The lowest BCUT2D eigenvalue weighted by Crippen LogP contribution is -2.32. The molecule has 0 aromatic heterocycles. The van der Waals surface area contributed by atoms with E-state index in [1.54, 1.807) is 0 Å². The van der Waals surface area contributed by atoms with Crippen LogP contribution in [-0.4, -0.2) is 11.9 Å². The van der Waals surface area contributed by atoms with Crippen LogP contribution in [0.5, 0.6) is 0 Å². The molecule has 0 bridgehead atoms. The van der Waals surface area contributed by atoms with E-state index >= 15 is 0 Å². The first-order valence-corrected chi connectivity index (χ1v) is 8.00. The topological polar surface area (TPSA) is 46.3 Å². The van der Waals surface area contributed by atoms with Gasteiger partial charge in [-0.15, -0.1) is 0 Å². The van der Waals surface area contributed by atoms with Crippen LogP contribution in [0.4, 0.5) is 11.4 Å². The number of benzene rings is 2. The number of hydrogen-bond acceptors (Lipinski definition) is 2. The van der Waals surface area contributed by atoms with Gasteiger partial charge < -0.3 is 10.6 Å². The molecule has 0 heterocycles. The Balaban J connectivity index is 1.95. The van der Waals surface area contributed by atoms with E-state index in [-0.39, 0.29) is 5.91 Å². The predicted octanol–water partition coefficient (Wildman–Crippen LogP) is 4.26. The Kier molecular flexibility index (Phi) is 4.42. The number of carbonyl (C=O) groups is 1. The zero-order valence-electron chi connectivity index (χ0n) is 12.7. The van der Waals surface area contributed by atoms with E-state index in [0.29, 0.717) is 11.6 Å². The third-order valence-corrected chi connectivity index (χ3v) is 4.40. The van der Waals surface area contributed by atoms with Gasteiger partial charge in [0.25, 0.3) is 0 Å². The van der Waals surface area contributed by atoms with Crippen molar-refractivity contribution in [1.29, 1.82) is 0 Å². The molecule has 0 unspecified atom stereocenters. The molecule has 2 aromatic carbocycles. The summed E-state index contributed by atoms with van der Waals surface area (Å²) in [6.07, 6.45) is 6.33. The van der Waals surface area contributed by atoms with Crippen molar-refractivity contribution in [2.75, 3.05) is 4.90 Å². The molecular formula is C19H22N2O. The van der Waals surface area contributed by atoms with Crippen LogP contribution in [0.3, 0.4) is 0 Å². The Morgan fingerprint density at radius 2 is 1.45 bits per heavy atom. The fourth-order valence-electron chi connectivity index (χ4n) is 3.28. The molecule has 22 heavy (non-hydrogen) atoms. The summed E-state index contributed by atoms with van der Waals surface area (Å²) in [5, 5.41) is 0. The van der Waals surface area contributed by atoms with Gasteiger partial charge in [-0.1, -0.05) is 37.5 Å². The molecule has 3 heteroatoms. The summed E-state index contributed by atoms with van der Waals surface area (Å²) in [5.74, 6) is -0.379. The fraction of sp³-hybridized carbons (Fsp3) is 0.316. The summed E-state index contributed by atoms with van der Waals surface area (Å²) in [6, 6.07) is 18.6. The molecule has 1 saturated carbocycles. The largest absolute Gasteiger partial charge is 0.366 e. The third-order valence-electron chi connectivity index (χ3n) is 4.40. The van der Waals surface area contributed by atoms with E-state index in [2.05, 4.69) is 29.2 Å². The van der Waals surface area contributed by atoms with E-state index in [1.165, 1.54) is 37.8 Å². The van der Waals surface area contributed by atoms with Crippen LogP contribution >= 0.6 is 0 Å². The Morgan fingerprint density at radius 3 is 2.05 bits per heavy atom. The maximum atomic E-state index is 11.3. The van der Waals surface area contributed by atoms with Crippen molar-refractivity contribution in [3.8, 4) is 0 Å². The Hall–Kier alpha value is -2.29. The van der Waals surface area contributed by atoms with Gasteiger partial charge in [-0.25, -0.2) is 0 Å². The number of rotatable bonds is 4. The Labute approximate surface area is 131 Å². The first-order chi connectivity index (χ1) is 10.8. The van der Waals surface area contributed by atoms with Crippen molar-refractivity contribution in [2.24, 2.45) is 5.73 Å². The lowest BCUT2D eigenvalue weighted by molar-refractivity contribution is 0.100.